The summed E-state index contributed by atoms with van der Waals surface area (Å²) in [5, 5.41) is 11.1. The lowest BCUT2D eigenvalue weighted by molar-refractivity contribution is -0.385. The van der Waals surface area contributed by atoms with Gasteiger partial charge in [0.1, 0.15) is 5.66 Å². The number of nitrogens with two attached hydrogens (primary N) is 2. The maximum atomic E-state index is 11.1. The first-order valence-corrected chi connectivity index (χ1v) is 9.63. The number of nitro benzene ring substituents is 1. The third-order valence-electron chi connectivity index (χ3n) is 4.29. The molecule has 1 saturated carbocycles. The second-order valence-electron chi connectivity index (χ2n) is 5.83. The second-order valence-corrected chi connectivity index (χ2v) is 8.16. The third kappa shape index (κ3) is 3.05. The largest absolute Gasteiger partial charge is 0.369 e. The van der Waals surface area contributed by atoms with Gasteiger partial charge in [-0.2, -0.15) is 4.99 Å². The number of hydrogen-bond acceptors (Lipinski definition) is 7. The van der Waals surface area contributed by atoms with Crippen molar-refractivity contribution in [3.63, 3.8) is 0 Å². The minimum Gasteiger partial charge on any atom is -0.369 e. The van der Waals surface area contributed by atoms with Crippen LogP contribution in [-0.4, -0.2) is 22.5 Å². The molecule has 128 valence electrons. The highest BCUT2D eigenvalue weighted by Crippen LogP contribution is 2.43. The Labute approximate surface area is 166 Å². The van der Waals surface area contributed by atoms with Crippen LogP contribution in [0.4, 0.5) is 11.4 Å². The minimum absolute atomic E-state index is 0.0563. The molecule has 0 saturated heterocycles. The molecule has 0 atom stereocenters. The zero-order valence-corrected chi connectivity index (χ0v) is 17.0. The second kappa shape index (κ2) is 6.61. The summed E-state index contributed by atoms with van der Waals surface area (Å²) in [4.78, 5) is 21.4. The Bertz CT molecular complexity index is 735. The van der Waals surface area contributed by atoms with E-state index in [1.807, 2.05) is 4.90 Å². The van der Waals surface area contributed by atoms with Crippen LogP contribution in [0.5, 0.6) is 0 Å². The molecule has 1 aromatic carbocycles. The fourth-order valence-corrected chi connectivity index (χ4v) is 5.53. The van der Waals surface area contributed by atoms with E-state index in [1.54, 1.807) is 12.1 Å². The average Bonchev–Trinajstić information content (AvgIpc) is 2.49. The molecule has 1 aliphatic heterocycles. The Morgan fingerprint density at radius 2 is 1.75 bits per heavy atom. The molecule has 1 aliphatic carbocycles. The number of aliphatic imine (C=N–C) groups is 2. The number of benzene rings is 1. The van der Waals surface area contributed by atoms with E-state index in [2.05, 4.69) is 55.2 Å². The van der Waals surface area contributed by atoms with Crippen LogP contribution < -0.4 is 16.4 Å². The summed E-state index contributed by atoms with van der Waals surface area (Å²) >= 11 is 4.20. The van der Waals surface area contributed by atoms with E-state index in [1.165, 1.54) is 0 Å². The summed E-state index contributed by atoms with van der Waals surface area (Å²) in [7, 11) is 0. The molecule has 4 N–H and O–H groups in total. The van der Waals surface area contributed by atoms with E-state index in [4.69, 9.17) is 11.5 Å². The van der Waals surface area contributed by atoms with Crippen LogP contribution in [0.25, 0.3) is 0 Å². The van der Waals surface area contributed by atoms with Gasteiger partial charge in [-0.15, -0.1) is 0 Å². The topological polar surface area (TPSA) is 123 Å². The molecule has 1 fully saturated rings. The van der Waals surface area contributed by atoms with Crippen molar-refractivity contribution in [1.29, 1.82) is 0 Å². The van der Waals surface area contributed by atoms with Crippen molar-refractivity contribution in [1.82, 2.24) is 0 Å². The van der Waals surface area contributed by atoms with E-state index < -0.39 is 10.6 Å². The molecule has 2 aliphatic rings. The zero-order chi connectivity index (χ0) is 17.5. The molecule has 0 radical (unpaired) electrons. The first-order valence-electron chi connectivity index (χ1n) is 7.47. The minimum atomic E-state index is -0.551. The van der Waals surface area contributed by atoms with Gasteiger partial charge in [0.05, 0.1) is 10.6 Å². The van der Waals surface area contributed by atoms with Crippen LogP contribution in [0.2, 0.25) is 0 Å². The van der Waals surface area contributed by atoms with Gasteiger partial charge in [-0.25, -0.2) is 4.99 Å². The Balaban J connectivity index is 2.16. The predicted octanol–water partition coefficient (Wildman–Crippen LogP) is 2.91. The molecular formula is C14H16I2N6O2. The molecule has 0 aromatic heterocycles. The van der Waals surface area contributed by atoms with Gasteiger partial charge in [0, 0.05) is 19.3 Å². The molecule has 0 bridgehead atoms. The molecular weight excluding hydrogens is 538 g/mol. The summed E-state index contributed by atoms with van der Waals surface area (Å²) in [5.41, 5.74) is 12.4. The van der Waals surface area contributed by atoms with Gasteiger partial charge in [-0.05, 0) is 70.9 Å². The highest BCUT2D eigenvalue weighted by atomic mass is 127. The molecule has 8 nitrogen and oxygen atoms in total. The average molecular weight is 554 g/mol. The summed E-state index contributed by atoms with van der Waals surface area (Å²) in [5.74, 6) is 0.478. The SMILES string of the molecule is NC1=NC2(CCCCC2)N(c2c(I)cc([N+](=O)[O-])cc2I)C(N)=N1. The lowest BCUT2D eigenvalue weighted by Gasteiger charge is -2.46. The summed E-state index contributed by atoms with van der Waals surface area (Å²) in [6.07, 6.45) is 4.86. The van der Waals surface area contributed by atoms with E-state index in [-0.39, 0.29) is 17.6 Å². The van der Waals surface area contributed by atoms with E-state index in [9.17, 15) is 10.1 Å². The van der Waals surface area contributed by atoms with E-state index >= 15 is 0 Å². The lowest BCUT2D eigenvalue weighted by Crippen LogP contribution is -2.58. The maximum absolute atomic E-state index is 11.1. The first-order chi connectivity index (χ1) is 11.3. The monoisotopic (exact) mass is 554 g/mol. The molecule has 10 heteroatoms. The zero-order valence-electron chi connectivity index (χ0n) is 12.7. The highest BCUT2D eigenvalue weighted by Gasteiger charge is 2.44. The number of hydrogen-bond donors (Lipinski definition) is 2. The van der Waals surface area contributed by atoms with Crippen molar-refractivity contribution >= 4 is 68.5 Å². The summed E-state index contributed by atoms with van der Waals surface area (Å²) in [6.45, 7) is 0. The van der Waals surface area contributed by atoms with Gasteiger partial charge >= 0.3 is 0 Å². The van der Waals surface area contributed by atoms with Gasteiger partial charge < -0.3 is 11.5 Å². The first kappa shape index (κ1) is 17.6. The lowest BCUT2D eigenvalue weighted by atomic mass is 9.87. The molecule has 1 aromatic rings. The fraction of sp³-hybridized carbons (Fsp3) is 0.429. The van der Waals surface area contributed by atoms with Gasteiger partial charge in [-0.3, -0.25) is 15.0 Å². The molecule has 3 rings (SSSR count). The summed E-state index contributed by atoms with van der Waals surface area (Å²) < 4.78 is 1.48. The predicted molar refractivity (Wildman–Crippen MR) is 110 cm³/mol. The van der Waals surface area contributed by atoms with Crippen LogP contribution in [0.1, 0.15) is 32.1 Å². The smallest absolute Gasteiger partial charge is 0.271 e. The van der Waals surface area contributed by atoms with Crippen LogP contribution in [-0.2, 0) is 0 Å². The molecule has 0 amide bonds. The Morgan fingerprint density at radius 3 is 2.29 bits per heavy atom. The van der Waals surface area contributed by atoms with Crippen molar-refractivity contribution in [2.75, 3.05) is 4.90 Å². The van der Waals surface area contributed by atoms with Gasteiger partial charge in [0.15, 0.2) is 0 Å². The number of rotatable bonds is 2. The number of guanidine groups is 2. The number of halogens is 2. The quantitative estimate of drug-likeness (QED) is 0.331. The van der Waals surface area contributed by atoms with E-state index in [0.717, 1.165) is 44.9 Å². The van der Waals surface area contributed by atoms with E-state index in [0.29, 0.717) is 0 Å². The van der Waals surface area contributed by atoms with Gasteiger partial charge in [0.2, 0.25) is 11.9 Å². The molecule has 0 unspecified atom stereocenters. The summed E-state index contributed by atoms with van der Waals surface area (Å²) in [6, 6.07) is 3.09. The Kier molecular flexibility index (Phi) is 4.86. The van der Waals surface area contributed by atoms with Crippen molar-refractivity contribution in [3.8, 4) is 0 Å². The Hall–Kier alpha value is -1.18. The maximum Gasteiger partial charge on any atom is 0.271 e. The van der Waals surface area contributed by atoms with Crippen molar-refractivity contribution < 1.29 is 4.92 Å². The van der Waals surface area contributed by atoms with Crippen molar-refractivity contribution in [2.24, 2.45) is 21.5 Å². The van der Waals surface area contributed by atoms with Crippen LogP contribution in [0, 0.1) is 17.3 Å². The van der Waals surface area contributed by atoms with Gasteiger partial charge in [-0.1, -0.05) is 6.42 Å². The molecule has 1 spiro atoms. The third-order valence-corrected chi connectivity index (χ3v) is 5.93. The fourth-order valence-electron chi connectivity index (χ4n) is 3.32. The number of anilines is 1. The van der Waals surface area contributed by atoms with Crippen molar-refractivity contribution in [3.05, 3.63) is 29.4 Å². The van der Waals surface area contributed by atoms with Crippen LogP contribution in [0.15, 0.2) is 22.1 Å². The number of non-ortho nitro benzene ring substituents is 1. The number of nitro groups is 1. The molecule has 1 heterocycles. The highest BCUT2D eigenvalue weighted by molar-refractivity contribution is 14.1. The normalized spacial score (nSPS) is 19.8. The van der Waals surface area contributed by atoms with Crippen LogP contribution in [0.3, 0.4) is 0 Å². The van der Waals surface area contributed by atoms with Crippen molar-refractivity contribution in [2.45, 2.75) is 37.8 Å². The standard InChI is InChI=1S/C14H16I2N6O2/c15-9-6-8(22(23)24)7-10(16)11(9)21-13(18)19-12(17)20-14(21)4-2-1-3-5-14/h6-7H,1-5H2,(H4,17,18,19,20). The van der Waals surface area contributed by atoms with Gasteiger partial charge in [0.25, 0.3) is 5.69 Å². The molecule has 24 heavy (non-hydrogen) atoms. The Morgan fingerprint density at radius 1 is 1.17 bits per heavy atom. The van der Waals surface area contributed by atoms with Crippen LogP contribution >= 0.6 is 45.2 Å². The number of nitrogens with zero attached hydrogens (tertiary/aromatic N) is 4.